The maximum atomic E-state index is 9.31. The molecule has 0 atom stereocenters. The number of aryl methyl sites for hydroxylation is 1. The van der Waals surface area contributed by atoms with E-state index in [9.17, 15) is 5.11 Å². The third kappa shape index (κ3) is 4.29. The lowest BCUT2D eigenvalue weighted by atomic mass is 10.1. The van der Waals surface area contributed by atoms with Gasteiger partial charge in [-0.3, -0.25) is 0 Å². The average molecular weight is 319 g/mol. The van der Waals surface area contributed by atoms with Gasteiger partial charge in [0.05, 0.1) is 0 Å². The molecule has 0 heterocycles. The molecule has 0 aliphatic carbocycles. The molecule has 3 heteroatoms. The molecule has 0 saturated carbocycles. The fourth-order valence-electron chi connectivity index (χ4n) is 2.46. The summed E-state index contributed by atoms with van der Waals surface area (Å²) in [5, 5.41) is 12.6. The molecule has 0 unspecified atom stereocenters. The first-order chi connectivity index (χ1) is 11.7. The first-order valence-electron chi connectivity index (χ1n) is 8.00. The van der Waals surface area contributed by atoms with Crippen molar-refractivity contribution in [3.63, 3.8) is 0 Å². The van der Waals surface area contributed by atoms with Gasteiger partial charge in [-0.15, -0.1) is 0 Å². The van der Waals surface area contributed by atoms with Gasteiger partial charge in [-0.05, 0) is 60.0 Å². The summed E-state index contributed by atoms with van der Waals surface area (Å²) in [5.74, 6) is 1.13. The Morgan fingerprint density at radius 2 is 1.71 bits per heavy atom. The monoisotopic (exact) mass is 319 g/mol. The summed E-state index contributed by atoms with van der Waals surface area (Å²) in [6, 6.07) is 23.4. The van der Waals surface area contributed by atoms with Crippen LogP contribution in [0.1, 0.15) is 16.7 Å². The van der Waals surface area contributed by atoms with E-state index in [0.717, 1.165) is 17.0 Å². The van der Waals surface area contributed by atoms with Crippen molar-refractivity contribution in [2.75, 3.05) is 5.32 Å². The Hall–Kier alpha value is -2.94. The van der Waals surface area contributed by atoms with E-state index in [2.05, 4.69) is 30.4 Å². The molecular formula is C21H21NO2. The normalized spacial score (nSPS) is 10.4. The zero-order valence-electron chi connectivity index (χ0n) is 13.7. The van der Waals surface area contributed by atoms with Crippen molar-refractivity contribution in [3.8, 4) is 11.5 Å². The van der Waals surface area contributed by atoms with E-state index in [1.165, 1.54) is 11.1 Å². The maximum Gasteiger partial charge on any atom is 0.120 e. The van der Waals surface area contributed by atoms with Crippen molar-refractivity contribution >= 4 is 5.69 Å². The average Bonchev–Trinajstić information content (AvgIpc) is 2.61. The molecule has 0 amide bonds. The van der Waals surface area contributed by atoms with E-state index >= 15 is 0 Å². The summed E-state index contributed by atoms with van der Waals surface area (Å²) in [6.45, 7) is 3.37. The number of phenols is 1. The van der Waals surface area contributed by atoms with Gasteiger partial charge >= 0.3 is 0 Å². The Morgan fingerprint density at radius 3 is 2.50 bits per heavy atom. The van der Waals surface area contributed by atoms with Crippen molar-refractivity contribution in [2.24, 2.45) is 0 Å². The number of benzene rings is 3. The largest absolute Gasteiger partial charge is 0.508 e. The van der Waals surface area contributed by atoms with E-state index < -0.39 is 0 Å². The molecule has 24 heavy (non-hydrogen) atoms. The van der Waals surface area contributed by atoms with Gasteiger partial charge < -0.3 is 15.2 Å². The predicted molar refractivity (Wildman–Crippen MR) is 97.4 cm³/mol. The molecule has 0 radical (unpaired) electrons. The standard InChI is InChI=1S/C21H21NO2/c1-16-5-2-3-7-18(16)15-24-21-8-4-6-17(13-21)14-22-19-9-11-20(23)12-10-19/h2-13,22-23H,14-15H2,1H3. The highest BCUT2D eigenvalue weighted by molar-refractivity contribution is 5.46. The number of phenolic OH excluding ortho intramolecular Hbond substituents is 1. The zero-order valence-corrected chi connectivity index (χ0v) is 13.7. The van der Waals surface area contributed by atoms with Crippen LogP contribution in [0.25, 0.3) is 0 Å². The highest BCUT2D eigenvalue weighted by atomic mass is 16.5. The van der Waals surface area contributed by atoms with Crippen molar-refractivity contribution in [1.82, 2.24) is 0 Å². The zero-order chi connectivity index (χ0) is 16.8. The SMILES string of the molecule is Cc1ccccc1COc1cccc(CNc2ccc(O)cc2)c1. The van der Waals surface area contributed by atoms with Crippen LogP contribution in [0, 0.1) is 6.92 Å². The molecule has 0 bridgehead atoms. The van der Waals surface area contributed by atoms with Crippen molar-refractivity contribution in [2.45, 2.75) is 20.1 Å². The molecule has 0 aliphatic rings. The predicted octanol–water partition coefficient (Wildman–Crippen LogP) is 4.89. The molecule has 0 saturated heterocycles. The van der Waals surface area contributed by atoms with Crippen LogP contribution in [0.2, 0.25) is 0 Å². The number of hydrogen-bond donors (Lipinski definition) is 2. The Bertz CT molecular complexity index is 797. The Labute approximate surface area is 142 Å². The van der Waals surface area contributed by atoms with Crippen LogP contribution in [0.5, 0.6) is 11.5 Å². The third-order valence-corrected chi connectivity index (χ3v) is 3.92. The minimum atomic E-state index is 0.271. The molecule has 0 spiro atoms. The molecule has 0 fully saturated rings. The third-order valence-electron chi connectivity index (χ3n) is 3.92. The van der Waals surface area contributed by atoms with Crippen LogP contribution in [0.4, 0.5) is 5.69 Å². The highest BCUT2D eigenvalue weighted by Crippen LogP contribution is 2.19. The van der Waals surface area contributed by atoms with Gasteiger partial charge in [0.15, 0.2) is 0 Å². The molecule has 3 rings (SSSR count). The van der Waals surface area contributed by atoms with Gasteiger partial charge in [0.25, 0.3) is 0 Å². The molecule has 122 valence electrons. The van der Waals surface area contributed by atoms with Crippen LogP contribution in [0.3, 0.4) is 0 Å². The summed E-state index contributed by atoms with van der Waals surface area (Å²) in [7, 11) is 0. The van der Waals surface area contributed by atoms with Crippen LogP contribution >= 0.6 is 0 Å². The second kappa shape index (κ2) is 7.55. The lowest BCUT2D eigenvalue weighted by molar-refractivity contribution is 0.305. The molecule has 2 N–H and O–H groups in total. The van der Waals surface area contributed by atoms with Gasteiger partial charge in [-0.25, -0.2) is 0 Å². The van der Waals surface area contributed by atoms with Gasteiger partial charge in [0.1, 0.15) is 18.1 Å². The Morgan fingerprint density at radius 1 is 0.917 bits per heavy atom. The molecule has 3 aromatic carbocycles. The summed E-state index contributed by atoms with van der Waals surface area (Å²) in [6.07, 6.45) is 0. The highest BCUT2D eigenvalue weighted by Gasteiger charge is 2.01. The fourth-order valence-corrected chi connectivity index (χ4v) is 2.46. The number of nitrogens with one attached hydrogen (secondary N) is 1. The van der Waals surface area contributed by atoms with Crippen molar-refractivity contribution in [1.29, 1.82) is 0 Å². The number of hydrogen-bond acceptors (Lipinski definition) is 3. The Balaban J connectivity index is 1.59. The second-order valence-electron chi connectivity index (χ2n) is 5.76. The molecular weight excluding hydrogens is 298 g/mol. The summed E-state index contributed by atoms with van der Waals surface area (Å²) in [5.41, 5.74) is 4.55. The fraction of sp³-hybridized carbons (Fsp3) is 0.143. The Kier molecular flexibility index (Phi) is 5.02. The van der Waals surface area contributed by atoms with Gasteiger partial charge in [-0.1, -0.05) is 36.4 Å². The number of anilines is 1. The van der Waals surface area contributed by atoms with Crippen molar-refractivity contribution in [3.05, 3.63) is 89.5 Å². The molecule has 0 aromatic heterocycles. The minimum absolute atomic E-state index is 0.271. The summed E-state index contributed by atoms with van der Waals surface area (Å²) in [4.78, 5) is 0. The van der Waals surface area contributed by atoms with Crippen LogP contribution in [-0.2, 0) is 13.2 Å². The molecule has 3 aromatic rings. The molecule has 3 nitrogen and oxygen atoms in total. The minimum Gasteiger partial charge on any atom is -0.508 e. The summed E-state index contributed by atoms with van der Waals surface area (Å²) < 4.78 is 5.92. The van der Waals surface area contributed by atoms with Gasteiger partial charge in [0, 0.05) is 12.2 Å². The van der Waals surface area contributed by atoms with Crippen molar-refractivity contribution < 1.29 is 9.84 Å². The summed E-state index contributed by atoms with van der Waals surface area (Å²) >= 11 is 0. The van der Waals surface area contributed by atoms with E-state index in [0.29, 0.717) is 13.2 Å². The van der Waals surface area contributed by atoms with Crippen LogP contribution in [-0.4, -0.2) is 5.11 Å². The topological polar surface area (TPSA) is 41.5 Å². The lowest BCUT2D eigenvalue weighted by Gasteiger charge is -2.11. The maximum absolute atomic E-state index is 9.31. The molecule has 0 aliphatic heterocycles. The second-order valence-corrected chi connectivity index (χ2v) is 5.76. The number of aromatic hydroxyl groups is 1. The quantitative estimate of drug-likeness (QED) is 0.636. The van der Waals surface area contributed by atoms with E-state index in [-0.39, 0.29) is 5.75 Å². The number of rotatable bonds is 6. The van der Waals surface area contributed by atoms with Crippen LogP contribution < -0.4 is 10.1 Å². The van der Waals surface area contributed by atoms with Crippen LogP contribution in [0.15, 0.2) is 72.8 Å². The number of ether oxygens (including phenoxy) is 1. The smallest absolute Gasteiger partial charge is 0.120 e. The first-order valence-corrected chi connectivity index (χ1v) is 8.00. The lowest BCUT2D eigenvalue weighted by Crippen LogP contribution is -2.01. The van der Waals surface area contributed by atoms with E-state index in [4.69, 9.17) is 4.74 Å². The van der Waals surface area contributed by atoms with Gasteiger partial charge in [-0.2, -0.15) is 0 Å². The van der Waals surface area contributed by atoms with E-state index in [1.807, 2.05) is 42.5 Å². The van der Waals surface area contributed by atoms with Gasteiger partial charge in [0.2, 0.25) is 0 Å². The first kappa shape index (κ1) is 15.9. The van der Waals surface area contributed by atoms with E-state index in [1.54, 1.807) is 12.1 Å².